The third-order valence-corrected chi connectivity index (χ3v) is 6.82. The Bertz CT molecular complexity index is 1380. The number of Topliss-reactive ketones (excluding diaryl/α,β-unsaturated/α-hetero) is 1. The van der Waals surface area contributed by atoms with Crippen molar-refractivity contribution >= 4 is 34.0 Å². The van der Waals surface area contributed by atoms with Crippen LogP contribution in [0.3, 0.4) is 0 Å². The summed E-state index contributed by atoms with van der Waals surface area (Å²) >= 11 is 0. The van der Waals surface area contributed by atoms with Gasteiger partial charge in [-0.2, -0.15) is 5.26 Å². The Morgan fingerprint density at radius 1 is 1.20 bits per heavy atom. The summed E-state index contributed by atoms with van der Waals surface area (Å²) in [6.45, 7) is 2.03. The Morgan fingerprint density at radius 2 is 1.97 bits per heavy atom. The molecule has 0 bridgehead atoms. The van der Waals surface area contributed by atoms with Crippen LogP contribution in [0.15, 0.2) is 48.7 Å². The van der Waals surface area contributed by atoms with E-state index < -0.39 is 11.7 Å². The monoisotopic (exact) mass is 471 g/mol. The summed E-state index contributed by atoms with van der Waals surface area (Å²) in [5, 5.41) is 13.4. The van der Waals surface area contributed by atoms with E-state index in [1.54, 1.807) is 12.3 Å². The highest BCUT2D eigenvalue weighted by atomic mass is 19.1. The Hall–Kier alpha value is -3.99. The van der Waals surface area contributed by atoms with Crippen molar-refractivity contribution in [2.45, 2.75) is 37.9 Å². The summed E-state index contributed by atoms with van der Waals surface area (Å²) in [7, 11) is 2.03. The molecule has 0 saturated carbocycles. The number of nitrogens with zero attached hydrogens (tertiary/aromatic N) is 4. The van der Waals surface area contributed by atoms with Crippen LogP contribution in [0, 0.1) is 11.3 Å². The van der Waals surface area contributed by atoms with Crippen LogP contribution in [0.2, 0.25) is 0 Å². The van der Waals surface area contributed by atoms with Crippen LogP contribution < -0.4 is 10.2 Å². The largest absolute Gasteiger partial charge is 0.366 e. The van der Waals surface area contributed by atoms with E-state index >= 15 is 0 Å². The second-order valence-corrected chi connectivity index (χ2v) is 9.56. The zero-order chi connectivity index (χ0) is 24.7. The molecular weight excluding hydrogens is 445 g/mol. The zero-order valence-corrected chi connectivity index (χ0v) is 19.7. The number of carbonyl (C=O) groups is 2. The standard InChI is InChI=1S/C27H26FN5O2/c1-27(28)13-19(14-29)33(15-27)26(35)8-7-25(34)20-9-10-30-22-5-3-17(11-21(20)22)18-4-6-24-23(12-18)31-16-32(24)2/h3-6,9-12,19,31H,7-8,13,15-16H2,1-2H3/t19-,27?/m0/s1. The van der Waals surface area contributed by atoms with Crippen molar-refractivity contribution in [1.82, 2.24) is 9.88 Å². The van der Waals surface area contributed by atoms with E-state index in [0.29, 0.717) is 11.1 Å². The molecule has 2 aliphatic rings. The van der Waals surface area contributed by atoms with Crippen molar-refractivity contribution < 1.29 is 14.0 Å². The number of rotatable bonds is 5. The van der Waals surface area contributed by atoms with Crippen LogP contribution in [0.1, 0.15) is 36.5 Å². The molecule has 0 aliphatic carbocycles. The number of likely N-dealkylation sites (tertiary alicyclic amines) is 1. The fourth-order valence-electron chi connectivity index (χ4n) is 4.97. The first kappa shape index (κ1) is 22.8. The highest BCUT2D eigenvalue weighted by Crippen LogP contribution is 2.35. The minimum atomic E-state index is -1.58. The van der Waals surface area contributed by atoms with Gasteiger partial charge in [0.2, 0.25) is 5.91 Å². The lowest BCUT2D eigenvalue weighted by Crippen LogP contribution is -2.36. The van der Waals surface area contributed by atoms with Crippen LogP contribution in [-0.4, -0.2) is 53.5 Å². The molecule has 0 radical (unpaired) electrons. The van der Waals surface area contributed by atoms with Gasteiger partial charge < -0.3 is 15.1 Å². The fraction of sp³-hybridized carbons (Fsp3) is 0.333. The van der Waals surface area contributed by atoms with Crippen molar-refractivity contribution in [2.75, 3.05) is 30.5 Å². The van der Waals surface area contributed by atoms with Crippen LogP contribution >= 0.6 is 0 Å². The fourth-order valence-corrected chi connectivity index (χ4v) is 4.97. The number of carbonyl (C=O) groups excluding carboxylic acids is 2. The van der Waals surface area contributed by atoms with Crippen LogP contribution in [0.5, 0.6) is 0 Å². The Balaban J connectivity index is 1.37. The minimum Gasteiger partial charge on any atom is -0.366 e. The molecule has 1 saturated heterocycles. The smallest absolute Gasteiger partial charge is 0.224 e. The van der Waals surface area contributed by atoms with Gasteiger partial charge in [0.05, 0.1) is 36.2 Å². The van der Waals surface area contributed by atoms with Crippen LogP contribution in [0.25, 0.3) is 22.0 Å². The average molecular weight is 472 g/mol. The molecule has 35 heavy (non-hydrogen) atoms. The van der Waals surface area contributed by atoms with Crippen molar-refractivity contribution in [3.8, 4) is 17.2 Å². The van der Waals surface area contributed by atoms with Crippen molar-refractivity contribution in [3.05, 3.63) is 54.2 Å². The molecule has 2 aliphatic heterocycles. The van der Waals surface area contributed by atoms with E-state index in [1.807, 2.05) is 31.3 Å². The highest BCUT2D eigenvalue weighted by Gasteiger charge is 2.43. The van der Waals surface area contributed by atoms with E-state index in [9.17, 15) is 19.2 Å². The molecule has 5 rings (SSSR count). The van der Waals surface area contributed by atoms with Crippen molar-refractivity contribution in [2.24, 2.45) is 0 Å². The number of amides is 1. The van der Waals surface area contributed by atoms with Gasteiger partial charge in [0.15, 0.2) is 5.78 Å². The number of hydrogen-bond donors (Lipinski definition) is 1. The highest BCUT2D eigenvalue weighted by molar-refractivity contribution is 6.08. The van der Waals surface area contributed by atoms with Gasteiger partial charge in [-0.15, -0.1) is 0 Å². The average Bonchev–Trinajstić information content (AvgIpc) is 3.39. The third kappa shape index (κ3) is 4.30. The van der Waals surface area contributed by atoms with Gasteiger partial charge in [-0.3, -0.25) is 14.6 Å². The van der Waals surface area contributed by atoms with Gasteiger partial charge in [0.25, 0.3) is 0 Å². The topological polar surface area (TPSA) is 89.3 Å². The number of fused-ring (bicyclic) bond motifs is 2. The molecule has 0 spiro atoms. The molecule has 3 aromatic rings. The van der Waals surface area contributed by atoms with Crippen LogP contribution in [0.4, 0.5) is 15.8 Å². The quantitative estimate of drug-likeness (QED) is 0.550. The predicted octanol–water partition coefficient (Wildman–Crippen LogP) is 4.54. The molecule has 2 atom stereocenters. The zero-order valence-electron chi connectivity index (χ0n) is 19.7. The first-order chi connectivity index (χ1) is 16.8. The maximum atomic E-state index is 14.3. The first-order valence-electron chi connectivity index (χ1n) is 11.7. The van der Waals surface area contributed by atoms with E-state index in [-0.39, 0.29) is 37.5 Å². The maximum absolute atomic E-state index is 14.3. The molecular formula is C27H26FN5O2. The van der Waals surface area contributed by atoms with E-state index in [1.165, 1.54) is 11.8 Å². The molecule has 2 aromatic carbocycles. The third-order valence-electron chi connectivity index (χ3n) is 6.82. The number of hydrogen-bond acceptors (Lipinski definition) is 6. The number of halogens is 1. The van der Waals surface area contributed by atoms with E-state index in [2.05, 4.69) is 33.4 Å². The molecule has 1 unspecified atom stereocenters. The number of benzene rings is 2. The number of aromatic nitrogens is 1. The molecule has 1 fully saturated rings. The molecule has 7 nitrogen and oxygen atoms in total. The molecule has 1 amide bonds. The summed E-state index contributed by atoms with van der Waals surface area (Å²) in [6.07, 6.45) is 1.50. The molecule has 3 heterocycles. The van der Waals surface area contributed by atoms with Crippen LogP contribution in [-0.2, 0) is 4.79 Å². The lowest BCUT2D eigenvalue weighted by Gasteiger charge is -2.19. The Kier molecular flexibility index (Phi) is 5.64. The minimum absolute atomic E-state index is 0.00451. The van der Waals surface area contributed by atoms with Gasteiger partial charge in [0.1, 0.15) is 11.7 Å². The number of nitrogens with one attached hydrogen (secondary N) is 1. The second kappa shape index (κ2) is 8.66. The Morgan fingerprint density at radius 3 is 2.77 bits per heavy atom. The van der Waals surface area contributed by atoms with Gasteiger partial charge >= 0.3 is 0 Å². The first-order valence-corrected chi connectivity index (χ1v) is 11.7. The van der Waals surface area contributed by atoms with Gasteiger partial charge in [-0.25, -0.2) is 4.39 Å². The lowest BCUT2D eigenvalue weighted by atomic mass is 9.97. The lowest BCUT2D eigenvalue weighted by molar-refractivity contribution is -0.131. The summed E-state index contributed by atoms with van der Waals surface area (Å²) in [5.41, 5.74) is 3.80. The second-order valence-electron chi connectivity index (χ2n) is 9.56. The summed E-state index contributed by atoms with van der Waals surface area (Å²) in [6, 6.07) is 14.9. The predicted molar refractivity (Wildman–Crippen MR) is 133 cm³/mol. The van der Waals surface area contributed by atoms with Gasteiger partial charge in [0, 0.05) is 43.5 Å². The molecule has 1 N–H and O–H groups in total. The normalized spacial score (nSPS) is 21.0. The number of anilines is 2. The van der Waals surface area contributed by atoms with E-state index in [4.69, 9.17) is 0 Å². The molecule has 8 heteroatoms. The molecule has 1 aromatic heterocycles. The number of pyridine rings is 1. The van der Waals surface area contributed by atoms with E-state index in [0.717, 1.165) is 34.6 Å². The van der Waals surface area contributed by atoms with Gasteiger partial charge in [-0.1, -0.05) is 12.1 Å². The van der Waals surface area contributed by atoms with Gasteiger partial charge in [-0.05, 0) is 48.4 Å². The number of alkyl halides is 1. The number of nitriles is 1. The summed E-state index contributed by atoms with van der Waals surface area (Å²) < 4.78 is 14.3. The Labute approximate surface area is 203 Å². The summed E-state index contributed by atoms with van der Waals surface area (Å²) in [4.78, 5) is 33.6. The number of ketones is 1. The molecule has 178 valence electrons. The van der Waals surface area contributed by atoms with Crippen molar-refractivity contribution in [1.29, 1.82) is 5.26 Å². The summed E-state index contributed by atoms with van der Waals surface area (Å²) in [5.74, 6) is -0.559. The maximum Gasteiger partial charge on any atom is 0.224 e. The SMILES string of the molecule is CN1CNc2cc(-c3ccc4nccc(C(=O)CCC(=O)N5CC(C)(F)C[C@H]5C#N)c4c3)ccc21. The van der Waals surface area contributed by atoms with Crippen molar-refractivity contribution in [3.63, 3.8) is 0 Å².